The van der Waals surface area contributed by atoms with Gasteiger partial charge in [0, 0.05) is 12.1 Å². The van der Waals surface area contributed by atoms with Crippen LogP contribution in [0.1, 0.15) is 24.2 Å². The molecule has 1 unspecified atom stereocenters. The largest absolute Gasteiger partial charge is 0.395 e. The third kappa shape index (κ3) is 5.44. The summed E-state index contributed by atoms with van der Waals surface area (Å²) >= 11 is 0. The number of pyridine rings is 1. The van der Waals surface area contributed by atoms with Crippen molar-refractivity contribution in [3.8, 4) is 0 Å². The van der Waals surface area contributed by atoms with Crippen LogP contribution in [0.15, 0.2) is 52.6 Å². The van der Waals surface area contributed by atoms with Crippen molar-refractivity contribution in [1.82, 2.24) is 14.8 Å². The lowest BCUT2D eigenvalue weighted by molar-refractivity contribution is 0.223. The van der Waals surface area contributed by atoms with Crippen LogP contribution in [0.3, 0.4) is 0 Å². The molecule has 0 radical (unpaired) electrons. The smallest absolute Gasteiger partial charge is 0.240 e. The van der Waals surface area contributed by atoms with Crippen molar-refractivity contribution in [3.05, 3.63) is 59.7 Å². The normalized spacial score (nSPS) is 13.4. The number of aliphatic hydroxyl groups is 1. The Balaban J connectivity index is 2.14. The molecule has 2 aromatic rings. The molecular formula is C16H21FN6O3S. The molecule has 0 amide bonds. The molecule has 2 rings (SSSR count). The van der Waals surface area contributed by atoms with Gasteiger partial charge in [0.15, 0.2) is 5.84 Å². The maximum absolute atomic E-state index is 13.0. The fourth-order valence-corrected chi connectivity index (χ4v) is 3.13. The van der Waals surface area contributed by atoms with Gasteiger partial charge in [0.2, 0.25) is 10.0 Å². The summed E-state index contributed by atoms with van der Waals surface area (Å²) in [5, 5.41) is 13.9. The third-order valence-electron chi connectivity index (χ3n) is 3.66. The monoisotopic (exact) mass is 396 g/mol. The Kier molecular flexibility index (Phi) is 6.80. The zero-order valence-electron chi connectivity index (χ0n) is 14.6. The Labute approximate surface area is 156 Å². The number of sulfonamides is 1. The van der Waals surface area contributed by atoms with Crippen molar-refractivity contribution in [2.45, 2.75) is 17.9 Å². The van der Waals surface area contributed by atoms with Crippen molar-refractivity contribution in [1.29, 1.82) is 0 Å². The summed E-state index contributed by atoms with van der Waals surface area (Å²) in [4.78, 5) is 3.97. The molecule has 0 saturated heterocycles. The zero-order valence-corrected chi connectivity index (χ0v) is 15.4. The Morgan fingerprint density at radius 2 is 2.00 bits per heavy atom. The number of nitrogens with zero attached hydrogens (tertiary/aromatic N) is 3. The van der Waals surface area contributed by atoms with Gasteiger partial charge in [-0.3, -0.25) is 4.98 Å². The van der Waals surface area contributed by atoms with Gasteiger partial charge in [-0.15, -0.1) is 5.10 Å². The highest BCUT2D eigenvalue weighted by Gasteiger charge is 2.15. The quantitative estimate of drug-likeness (QED) is 0.213. The number of hydrogen-bond donors (Lipinski definition) is 4. The van der Waals surface area contributed by atoms with Crippen LogP contribution in [0.2, 0.25) is 0 Å². The number of benzene rings is 1. The van der Waals surface area contributed by atoms with Gasteiger partial charge in [-0.05, 0) is 43.3 Å². The first kappa shape index (κ1) is 20.7. The van der Waals surface area contributed by atoms with E-state index in [1.165, 1.54) is 36.4 Å². The van der Waals surface area contributed by atoms with E-state index in [9.17, 15) is 12.8 Å². The van der Waals surface area contributed by atoms with E-state index in [0.29, 0.717) is 11.3 Å². The first-order valence-electron chi connectivity index (χ1n) is 7.95. The first-order valence-corrected chi connectivity index (χ1v) is 9.43. The van der Waals surface area contributed by atoms with E-state index in [1.54, 1.807) is 6.92 Å². The van der Waals surface area contributed by atoms with Crippen LogP contribution in [0, 0.1) is 5.82 Å². The second kappa shape index (κ2) is 8.86. The highest BCUT2D eigenvalue weighted by molar-refractivity contribution is 7.89. The van der Waals surface area contributed by atoms with Crippen LogP contribution in [-0.4, -0.2) is 42.6 Å². The summed E-state index contributed by atoms with van der Waals surface area (Å²) in [5.41, 5.74) is 6.90. The number of nitrogens with two attached hydrogens (primary N) is 2. The van der Waals surface area contributed by atoms with Crippen LogP contribution in [0.25, 0.3) is 0 Å². The predicted octanol–water partition coefficient (Wildman–Crippen LogP) is 0.0485. The van der Waals surface area contributed by atoms with Crippen molar-refractivity contribution < 1.29 is 17.9 Å². The molecule has 9 nitrogen and oxygen atoms in total. The number of hydrogen-bond acceptors (Lipinski definition) is 7. The second-order valence-corrected chi connectivity index (χ2v) is 7.36. The number of nitrogens with one attached hydrogen (secondary N) is 1. The summed E-state index contributed by atoms with van der Waals surface area (Å²) in [5.74, 6) is 5.49. The number of aliphatic hydroxyl groups excluding tert-OH is 1. The van der Waals surface area contributed by atoms with Gasteiger partial charge >= 0.3 is 0 Å². The maximum atomic E-state index is 13.0. The van der Waals surface area contributed by atoms with E-state index in [4.69, 9.17) is 16.7 Å². The fraction of sp³-hybridized carbons (Fsp3) is 0.250. The molecule has 1 atom stereocenters. The average molecular weight is 396 g/mol. The Morgan fingerprint density at radius 3 is 2.56 bits per heavy atom. The van der Waals surface area contributed by atoms with Gasteiger partial charge in [0.1, 0.15) is 11.9 Å². The topological polar surface area (TPSA) is 147 Å². The lowest BCUT2D eigenvalue weighted by Crippen LogP contribution is -2.32. The van der Waals surface area contributed by atoms with E-state index in [2.05, 4.69) is 14.8 Å². The lowest BCUT2D eigenvalue weighted by Gasteiger charge is -2.21. The van der Waals surface area contributed by atoms with Gasteiger partial charge in [0.05, 0.1) is 23.4 Å². The van der Waals surface area contributed by atoms with Crippen LogP contribution in [-0.2, 0) is 10.0 Å². The molecule has 27 heavy (non-hydrogen) atoms. The van der Waals surface area contributed by atoms with Gasteiger partial charge in [-0.1, -0.05) is 0 Å². The van der Waals surface area contributed by atoms with E-state index in [1.807, 2.05) is 0 Å². The standard InChI is InChI=1S/C16H21FN6O3S/c1-11(15-7-4-13(17)10-20-15)23(19)22-16(18)12-2-5-14(6-3-12)27(25,26)21-8-9-24/h2-7,10-11,21,24H,8-9,19H2,1H3,(H2,18,22). The number of rotatable bonds is 8. The van der Waals surface area contributed by atoms with E-state index in [-0.39, 0.29) is 23.9 Å². The Morgan fingerprint density at radius 1 is 1.33 bits per heavy atom. The van der Waals surface area contributed by atoms with Crippen LogP contribution < -0.4 is 16.3 Å². The highest BCUT2D eigenvalue weighted by atomic mass is 32.2. The summed E-state index contributed by atoms with van der Waals surface area (Å²) < 4.78 is 39.1. The molecule has 1 aromatic carbocycles. The van der Waals surface area contributed by atoms with Crippen molar-refractivity contribution in [2.24, 2.45) is 16.7 Å². The molecule has 0 spiro atoms. The second-order valence-electron chi connectivity index (χ2n) is 5.59. The minimum atomic E-state index is -3.71. The molecular weight excluding hydrogens is 375 g/mol. The lowest BCUT2D eigenvalue weighted by atomic mass is 10.2. The predicted molar refractivity (Wildman–Crippen MR) is 98.1 cm³/mol. The Hall–Kier alpha value is -2.60. The highest BCUT2D eigenvalue weighted by Crippen LogP contribution is 2.16. The molecule has 146 valence electrons. The van der Waals surface area contributed by atoms with E-state index >= 15 is 0 Å². The average Bonchev–Trinajstić information content (AvgIpc) is 2.66. The molecule has 0 aliphatic carbocycles. The number of hydrazine groups is 1. The van der Waals surface area contributed by atoms with Crippen molar-refractivity contribution >= 4 is 15.9 Å². The van der Waals surface area contributed by atoms with Crippen LogP contribution in [0.5, 0.6) is 0 Å². The van der Waals surface area contributed by atoms with Crippen LogP contribution in [0.4, 0.5) is 4.39 Å². The summed E-state index contributed by atoms with van der Waals surface area (Å²) in [7, 11) is -3.71. The molecule has 0 fully saturated rings. The minimum absolute atomic E-state index is 0.0287. The van der Waals surface area contributed by atoms with Gasteiger partial charge in [0.25, 0.3) is 0 Å². The maximum Gasteiger partial charge on any atom is 0.240 e. The van der Waals surface area contributed by atoms with Crippen LogP contribution >= 0.6 is 0 Å². The summed E-state index contributed by atoms with van der Waals surface area (Å²) in [6.07, 6.45) is 1.08. The zero-order chi connectivity index (χ0) is 20.0. The first-order chi connectivity index (χ1) is 12.7. The van der Waals surface area contributed by atoms with Crippen molar-refractivity contribution in [3.63, 3.8) is 0 Å². The minimum Gasteiger partial charge on any atom is -0.395 e. The number of halogens is 1. The number of hydrazone groups is 1. The molecule has 0 aliphatic rings. The molecule has 0 saturated carbocycles. The summed E-state index contributed by atoms with van der Waals surface area (Å²) in [6.45, 7) is 1.34. The molecule has 1 aromatic heterocycles. The van der Waals surface area contributed by atoms with Gasteiger partial charge in [-0.2, -0.15) is 0 Å². The van der Waals surface area contributed by atoms with Gasteiger partial charge < -0.3 is 10.8 Å². The fourth-order valence-electron chi connectivity index (χ4n) is 2.11. The molecule has 1 heterocycles. The number of amidine groups is 1. The molecule has 0 bridgehead atoms. The number of aromatic nitrogens is 1. The molecule has 6 N–H and O–H groups in total. The Bertz CT molecular complexity index is 887. The molecule has 11 heteroatoms. The van der Waals surface area contributed by atoms with E-state index in [0.717, 1.165) is 11.3 Å². The molecule has 0 aliphatic heterocycles. The van der Waals surface area contributed by atoms with E-state index < -0.39 is 21.9 Å². The van der Waals surface area contributed by atoms with Crippen molar-refractivity contribution in [2.75, 3.05) is 13.2 Å². The third-order valence-corrected chi connectivity index (χ3v) is 5.14. The summed E-state index contributed by atoms with van der Waals surface area (Å²) in [6, 6.07) is 7.99. The van der Waals surface area contributed by atoms with Gasteiger partial charge in [-0.25, -0.2) is 28.5 Å². The SMILES string of the molecule is CC(c1ccc(F)cn1)N(N)/N=C(\N)c1ccc(S(=O)(=O)NCCO)cc1.